The summed E-state index contributed by atoms with van der Waals surface area (Å²) in [5, 5.41) is 10.2. The van der Waals surface area contributed by atoms with Crippen LogP contribution in [0.15, 0.2) is 24.3 Å². The number of halogens is 4. The molecule has 2 aromatic carbocycles. The summed E-state index contributed by atoms with van der Waals surface area (Å²) >= 11 is 6.27. The number of likely N-dealkylation sites (N-methyl/N-ethyl adjacent to an activating group) is 1. The van der Waals surface area contributed by atoms with Gasteiger partial charge in [-0.2, -0.15) is 13.2 Å². The molecule has 2 nitrogen and oxygen atoms in total. The van der Waals surface area contributed by atoms with Gasteiger partial charge in [0.1, 0.15) is 5.75 Å². The lowest BCUT2D eigenvalue weighted by Gasteiger charge is -2.19. The lowest BCUT2D eigenvalue weighted by Crippen LogP contribution is -2.23. The molecule has 1 aliphatic rings. The Bertz CT molecular complexity index is 758. The standard InChI is InChI=1S/C17H17ClF3NO/c1-3-22-8-11(9(2)18)16-13(22)7-14(23)10-5-4-6-12(15(10)16)17(19,20)21/h4-7,9,11,23H,3,8H2,1-2H3/t9-,11+/m1/s1. The quantitative estimate of drug-likeness (QED) is 0.765. The van der Waals surface area contributed by atoms with Crippen LogP contribution in [0.4, 0.5) is 18.9 Å². The summed E-state index contributed by atoms with van der Waals surface area (Å²) in [5.74, 6) is -0.343. The maximum absolute atomic E-state index is 13.5. The molecule has 0 spiro atoms. The highest BCUT2D eigenvalue weighted by Crippen LogP contribution is 2.49. The first kappa shape index (κ1) is 16.2. The van der Waals surface area contributed by atoms with Crippen molar-refractivity contribution >= 4 is 28.1 Å². The second kappa shape index (κ2) is 5.48. The molecule has 1 heterocycles. The van der Waals surface area contributed by atoms with Gasteiger partial charge in [0, 0.05) is 46.9 Å². The van der Waals surface area contributed by atoms with Gasteiger partial charge in [0.25, 0.3) is 0 Å². The van der Waals surface area contributed by atoms with Gasteiger partial charge in [-0.1, -0.05) is 12.1 Å². The number of nitrogens with zero attached hydrogens (tertiary/aromatic N) is 1. The molecule has 3 rings (SSSR count). The van der Waals surface area contributed by atoms with E-state index in [2.05, 4.69) is 0 Å². The maximum Gasteiger partial charge on any atom is 0.417 e. The minimum atomic E-state index is -4.49. The number of hydrogen-bond donors (Lipinski definition) is 1. The Labute approximate surface area is 137 Å². The van der Waals surface area contributed by atoms with Crippen LogP contribution < -0.4 is 4.90 Å². The molecule has 1 aliphatic heterocycles. The first-order valence-corrected chi connectivity index (χ1v) is 7.94. The second-order valence-electron chi connectivity index (χ2n) is 5.88. The van der Waals surface area contributed by atoms with Gasteiger partial charge in [0.05, 0.1) is 5.56 Å². The highest BCUT2D eigenvalue weighted by molar-refractivity contribution is 6.21. The number of rotatable bonds is 2. The predicted octanol–water partition coefficient (Wildman–Crippen LogP) is 5.12. The number of phenols is 1. The summed E-state index contributed by atoms with van der Waals surface area (Å²) in [6.07, 6.45) is -4.49. The second-order valence-corrected chi connectivity index (χ2v) is 6.57. The molecular formula is C17H17ClF3NO. The summed E-state index contributed by atoms with van der Waals surface area (Å²) in [4.78, 5) is 1.96. The highest BCUT2D eigenvalue weighted by atomic mass is 35.5. The molecule has 0 radical (unpaired) electrons. The molecule has 0 bridgehead atoms. The van der Waals surface area contributed by atoms with Crippen molar-refractivity contribution in [2.24, 2.45) is 0 Å². The molecule has 0 saturated heterocycles. The smallest absolute Gasteiger partial charge is 0.417 e. The number of phenolic OH excluding ortho intramolecular Hbond substituents is 1. The molecule has 0 aromatic heterocycles. The first-order chi connectivity index (χ1) is 10.8. The number of anilines is 1. The van der Waals surface area contributed by atoms with Crippen molar-refractivity contribution in [3.05, 3.63) is 35.4 Å². The van der Waals surface area contributed by atoms with Gasteiger partial charge in [-0.25, -0.2) is 0 Å². The third kappa shape index (κ3) is 2.51. The topological polar surface area (TPSA) is 23.5 Å². The monoisotopic (exact) mass is 343 g/mol. The molecule has 23 heavy (non-hydrogen) atoms. The molecule has 0 unspecified atom stereocenters. The Morgan fingerprint density at radius 1 is 1.39 bits per heavy atom. The summed E-state index contributed by atoms with van der Waals surface area (Å²) in [5.41, 5.74) is 0.518. The normalized spacial score (nSPS) is 19.2. The third-order valence-corrected chi connectivity index (χ3v) is 4.83. The number of fused-ring (bicyclic) bond motifs is 3. The zero-order valence-electron chi connectivity index (χ0n) is 12.8. The molecule has 0 saturated carbocycles. The molecule has 124 valence electrons. The van der Waals surface area contributed by atoms with E-state index in [1.807, 2.05) is 11.8 Å². The van der Waals surface area contributed by atoms with E-state index in [1.165, 1.54) is 12.1 Å². The lowest BCUT2D eigenvalue weighted by atomic mass is 9.89. The van der Waals surface area contributed by atoms with Crippen molar-refractivity contribution in [2.75, 3.05) is 18.0 Å². The van der Waals surface area contributed by atoms with Crippen LogP contribution in [0.3, 0.4) is 0 Å². The van der Waals surface area contributed by atoms with E-state index in [0.29, 0.717) is 24.3 Å². The summed E-state index contributed by atoms with van der Waals surface area (Å²) in [6.45, 7) is 4.93. The fourth-order valence-electron chi connectivity index (χ4n) is 3.44. The van der Waals surface area contributed by atoms with Crippen molar-refractivity contribution in [1.82, 2.24) is 0 Å². The highest BCUT2D eigenvalue weighted by Gasteiger charge is 2.39. The molecule has 0 amide bonds. The van der Waals surface area contributed by atoms with Gasteiger partial charge in [-0.15, -0.1) is 11.6 Å². The number of hydrogen-bond acceptors (Lipinski definition) is 2. The Morgan fingerprint density at radius 2 is 2.09 bits per heavy atom. The molecule has 2 aromatic rings. The van der Waals surface area contributed by atoms with Gasteiger partial charge in [-0.3, -0.25) is 0 Å². The van der Waals surface area contributed by atoms with Crippen molar-refractivity contribution in [2.45, 2.75) is 31.3 Å². The average Bonchev–Trinajstić information content (AvgIpc) is 2.84. The van der Waals surface area contributed by atoms with Crippen LogP contribution in [0.1, 0.15) is 30.9 Å². The number of benzene rings is 2. The van der Waals surface area contributed by atoms with E-state index in [0.717, 1.165) is 6.07 Å². The van der Waals surface area contributed by atoms with Gasteiger partial charge in [0.2, 0.25) is 0 Å². The molecule has 6 heteroatoms. The van der Waals surface area contributed by atoms with Gasteiger partial charge < -0.3 is 10.0 Å². The third-order valence-electron chi connectivity index (χ3n) is 4.53. The van der Waals surface area contributed by atoms with Crippen LogP contribution in [0, 0.1) is 0 Å². The summed E-state index contributed by atoms with van der Waals surface area (Å²) in [7, 11) is 0. The zero-order chi connectivity index (χ0) is 16.9. The number of aromatic hydroxyl groups is 1. The van der Waals surface area contributed by atoms with Gasteiger partial charge >= 0.3 is 6.18 Å². The average molecular weight is 344 g/mol. The maximum atomic E-state index is 13.5. The number of alkyl halides is 4. The van der Waals surface area contributed by atoms with E-state index in [4.69, 9.17) is 11.6 Å². The van der Waals surface area contributed by atoms with Crippen molar-refractivity contribution < 1.29 is 18.3 Å². The summed E-state index contributed by atoms with van der Waals surface area (Å²) < 4.78 is 40.5. The van der Waals surface area contributed by atoms with E-state index in [-0.39, 0.29) is 27.8 Å². The molecular weight excluding hydrogens is 327 g/mol. The predicted molar refractivity (Wildman–Crippen MR) is 86.6 cm³/mol. The fraction of sp³-hybridized carbons (Fsp3) is 0.412. The lowest BCUT2D eigenvalue weighted by molar-refractivity contribution is -0.136. The van der Waals surface area contributed by atoms with E-state index in [9.17, 15) is 18.3 Å². The summed E-state index contributed by atoms with van der Waals surface area (Å²) in [6, 6.07) is 5.46. The van der Waals surface area contributed by atoms with Gasteiger partial charge in [-0.05, 0) is 25.5 Å². The van der Waals surface area contributed by atoms with Crippen molar-refractivity contribution in [1.29, 1.82) is 0 Å². The van der Waals surface area contributed by atoms with Crippen LogP contribution in [-0.2, 0) is 6.18 Å². The SMILES string of the molecule is CCN1C[C@@H]([C@@H](C)Cl)c2c1cc(O)c1cccc(C(F)(F)F)c21. The van der Waals surface area contributed by atoms with Crippen molar-refractivity contribution in [3.8, 4) is 5.75 Å². The largest absolute Gasteiger partial charge is 0.507 e. The van der Waals surface area contributed by atoms with Crippen LogP contribution in [-0.4, -0.2) is 23.6 Å². The zero-order valence-corrected chi connectivity index (χ0v) is 13.5. The van der Waals surface area contributed by atoms with Gasteiger partial charge in [0.15, 0.2) is 0 Å². The van der Waals surface area contributed by atoms with E-state index in [1.54, 1.807) is 13.0 Å². The molecule has 0 fully saturated rings. The van der Waals surface area contributed by atoms with Crippen LogP contribution in [0.5, 0.6) is 5.75 Å². The van der Waals surface area contributed by atoms with Crippen molar-refractivity contribution in [3.63, 3.8) is 0 Å². The van der Waals surface area contributed by atoms with Crippen LogP contribution in [0.2, 0.25) is 0 Å². The Balaban J connectivity index is 2.44. The van der Waals surface area contributed by atoms with E-state index >= 15 is 0 Å². The van der Waals surface area contributed by atoms with E-state index < -0.39 is 11.7 Å². The molecule has 2 atom stereocenters. The molecule has 1 N–H and O–H groups in total. The fourth-order valence-corrected chi connectivity index (χ4v) is 3.65. The van der Waals surface area contributed by atoms with Crippen LogP contribution >= 0.6 is 11.6 Å². The Kier molecular flexibility index (Phi) is 3.87. The minimum Gasteiger partial charge on any atom is -0.507 e. The minimum absolute atomic E-state index is 0.0726. The molecule has 0 aliphatic carbocycles. The van der Waals surface area contributed by atoms with Crippen LogP contribution in [0.25, 0.3) is 10.8 Å². The Hall–Kier alpha value is -1.62. The Morgan fingerprint density at radius 3 is 2.65 bits per heavy atom. The first-order valence-electron chi connectivity index (χ1n) is 7.50.